The monoisotopic (exact) mass is 323 g/mol. The molecule has 0 aliphatic heterocycles. The van der Waals surface area contributed by atoms with Gasteiger partial charge in [-0.3, -0.25) is 0 Å². The maximum Gasteiger partial charge on any atom is 0.417 e. The minimum absolute atomic E-state index is 0.0109. The highest BCUT2D eigenvalue weighted by atomic mass is 19.4. The van der Waals surface area contributed by atoms with Crippen molar-refractivity contribution in [1.82, 2.24) is 0 Å². The van der Waals surface area contributed by atoms with Crippen LogP contribution in [-0.4, -0.2) is 0 Å². The van der Waals surface area contributed by atoms with E-state index >= 15 is 0 Å². The summed E-state index contributed by atoms with van der Waals surface area (Å²) in [6, 6.07) is 21.7. The predicted octanol–water partition coefficient (Wildman–Crippen LogP) is 5.91. The largest absolute Gasteiger partial charge is 0.417 e. The first-order valence-electron chi connectivity index (χ1n) is 7.27. The average molecular weight is 323 g/mol. The average Bonchev–Trinajstić information content (AvgIpc) is 2.61. The molecule has 0 aliphatic carbocycles. The second-order valence-corrected chi connectivity index (χ2v) is 5.28. The zero-order chi connectivity index (χ0) is 17.2. The summed E-state index contributed by atoms with van der Waals surface area (Å²) in [5.41, 5.74) is 1.30. The lowest BCUT2D eigenvalue weighted by Gasteiger charge is -2.16. The molecule has 1 nitrogen and oxygen atoms in total. The highest BCUT2D eigenvalue weighted by Gasteiger charge is 2.34. The maximum absolute atomic E-state index is 13.5. The molecule has 0 heterocycles. The van der Waals surface area contributed by atoms with Gasteiger partial charge in [0.2, 0.25) is 0 Å². The topological polar surface area (TPSA) is 23.8 Å². The minimum Gasteiger partial charge on any atom is -0.192 e. The molecule has 0 amide bonds. The Kier molecular flexibility index (Phi) is 4.09. The number of hydrogen-bond donors (Lipinski definition) is 0. The molecule has 0 N–H and O–H groups in total. The standard InChI is InChI=1S/C20H12F3N/c21-20(22,23)19-12-14(13-24)10-11-18(19)17-9-5-4-8-16(17)15-6-2-1-3-7-15/h1-12H. The van der Waals surface area contributed by atoms with Crippen LogP contribution in [0.15, 0.2) is 72.8 Å². The number of nitrogens with zero attached hydrogens (tertiary/aromatic N) is 1. The molecule has 0 bridgehead atoms. The van der Waals surface area contributed by atoms with E-state index in [0.717, 1.165) is 11.6 Å². The van der Waals surface area contributed by atoms with Crippen molar-refractivity contribution in [2.75, 3.05) is 0 Å². The molecule has 118 valence electrons. The molecule has 0 radical (unpaired) electrons. The molecule has 0 saturated heterocycles. The second-order valence-electron chi connectivity index (χ2n) is 5.28. The zero-order valence-corrected chi connectivity index (χ0v) is 12.5. The van der Waals surface area contributed by atoms with E-state index in [2.05, 4.69) is 0 Å². The molecule has 0 spiro atoms. The molecule has 4 heteroatoms. The van der Waals surface area contributed by atoms with Gasteiger partial charge in [0, 0.05) is 0 Å². The van der Waals surface area contributed by atoms with E-state index in [0.29, 0.717) is 11.1 Å². The maximum atomic E-state index is 13.5. The Morgan fingerprint density at radius 3 is 1.96 bits per heavy atom. The number of rotatable bonds is 2. The summed E-state index contributed by atoms with van der Waals surface area (Å²) < 4.78 is 40.4. The predicted molar refractivity (Wildman–Crippen MR) is 87.0 cm³/mol. The van der Waals surface area contributed by atoms with Crippen LogP contribution in [-0.2, 0) is 6.18 Å². The summed E-state index contributed by atoms with van der Waals surface area (Å²) in [6.07, 6.45) is -4.54. The first-order chi connectivity index (χ1) is 11.5. The second kappa shape index (κ2) is 6.21. The van der Waals surface area contributed by atoms with Crippen molar-refractivity contribution in [3.05, 3.63) is 83.9 Å². The number of nitriles is 1. The summed E-state index contributed by atoms with van der Waals surface area (Å²) in [5, 5.41) is 8.90. The van der Waals surface area contributed by atoms with Crippen LogP contribution in [0.25, 0.3) is 22.3 Å². The highest BCUT2D eigenvalue weighted by molar-refractivity contribution is 5.85. The number of benzene rings is 3. The highest BCUT2D eigenvalue weighted by Crippen LogP contribution is 2.41. The van der Waals surface area contributed by atoms with Gasteiger partial charge < -0.3 is 0 Å². The first-order valence-corrected chi connectivity index (χ1v) is 7.27. The van der Waals surface area contributed by atoms with Crippen molar-refractivity contribution in [3.63, 3.8) is 0 Å². The van der Waals surface area contributed by atoms with Crippen molar-refractivity contribution in [2.24, 2.45) is 0 Å². The molecular weight excluding hydrogens is 311 g/mol. The van der Waals surface area contributed by atoms with E-state index in [-0.39, 0.29) is 11.1 Å². The van der Waals surface area contributed by atoms with Crippen LogP contribution in [0.5, 0.6) is 0 Å². The van der Waals surface area contributed by atoms with Crippen molar-refractivity contribution >= 4 is 0 Å². The van der Waals surface area contributed by atoms with Gasteiger partial charge in [0.15, 0.2) is 0 Å². The lowest BCUT2D eigenvalue weighted by molar-refractivity contribution is -0.137. The molecule has 3 aromatic carbocycles. The van der Waals surface area contributed by atoms with Gasteiger partial charge in [-0.2, -0.15) is 18.4 Å². The van der Waals surface area contributed by atoms with E-state index < -0.39 is 11.7 Å². The molecule has 0 saturated carbocycles. The molecule has 0 unspecified atom stereocenters. The summed E-state index contributed by atoms with van der Waals surface area (Å²) in [7, 11) is 0. The van der Waals surface area contributed by atoms with E-state index in [4.69, 9.17) is 5.26 Å². The molecule has 3 aromatic rings. The molecule has 24 heavy (non-hydrogen) atoms. The Balaban J connectivity index is 2.27. The van der Waals surface area contributed by atoms with Crippen LogP contribution in [0, 0.1) is 11.3 Å². The lowest BCUT2D eigenvalue weighted by atomic mass is 9.91. The Labute approximate surface area is 137 Å². The number of halogens is 3. The third-order valence-electron chi connectivity index (χ3n) is 3.76. The fourth-order valence-corrected chi connectivity index (χ4v) is 2.67. The minimum atomic E-state index is -4.54. The van der Waals surface area contributed by atoms with Crippen molar-refractivity contribution in [3.8, 4) is 28.3 Å². The molecule has 3 rings (SSSR count). The summed E-state index contributed by atoms with van der Waals surface area (Å²) >= 11 is 0. The van der Waals surface area contributed by atoms with Gasteiger partial charge in [0.25, 0.3) is 0 Å². The van der Waals surface area contributed by atoms with Crippen LogP contribution in [0.1, 0.15) is 11.1 Å². The van der Waals surface area contributed by atoms with Crippen molar-refractivity contribution in [2.45, 2.75) is 6.18 Å². The number of alkyl halides is 3. The van der Waals surface area contributed by atoms with Gasteiger partial charge >= 0.3 is 6.18 Å². The SMILES string of the molecule is N#Cc1ccc(-c2ccccc2-c2ccccc2)c(C(F)(F)F)c1. The van der Waals surface area contributed by atoms with Crippen LogP contribution in [0.4, 0.5) is 13.2 Å². The Morgan fingerprint density at radius 2 is 1.33 bits per heavy atom. The third kappa shape index (κ3) is 3.02. The smallest absolute Gasteiger partial charge is 0.192 e. The Hall–Kier alpha value is -3.06. The third-order valence-corrected chi connectivity index (χ3v) is 3.76. The van der Waals surface area contributed by atoms with Gasteiger partial charge in [0.05, 0.1) is 17.2 Å². The Bertz CT molecular complexity index is 906. The molecule has 0 aliphatic rings. The zero-order valence-electron chi connectivity index (χ0n) is 12.5. The fraction of sp³-hybridized carbons (Fsp3) is 0.0500. The van der Waals surface area contributed by atoms with Crippen LogP contribution in [0.2, 0.25) is 0 Å². The fourth-order valence-electron chi connectivity index (χ4n) is 2.67. The van der Waals surface area contributed by atoms with E-state index in [9.17, 15) is 13.2 Å². The lowest BCUT2D eigenvalue weighted by Crippen LogP contribution is -2.08. The summed E-state index contributed by atoms with van der Waals surface area (Å²) in [4.78, 5) is 0. The quantitative estimate of drug-likeness (QED) is 0.575. The normalized spacial score (nSPS) is 11.1. The molecule has 0 atom stereocenters. The number of hydrogen-bond acceptors (Lipinski definition) is 1. The van der Waals surface area contributed by atoms with E-state index in [1.807, 2.05) is 30.3 Å². The summed E-state index contributed by atoms with van der Waals surface area (Å²) in [6.45, 7) is 0. The van der Waals surface area contributed by atoms with E-state index in [1.165, 1.54) is 12.1 Å². The Morgan fingerprint density at radius 1 is 0.708 bits per heavy atom. The van der Waals surface area contributed by atoms with Gasteiger partial charge in [-0.15, -0.1) is 0 Å². The first kappa shape index (κ1) is 15.8. The van der Waals surface area contributed by atoms with Crippen LogP contribution < -0.4 is 0 Å². The van der Waals surface area contributed by atoms with Gasteiger partial charge in [-0.05, 0) is 34.4 Å². The van der Waals surface area contributed by atoms with Gasteiger partial charge in [0.1, 0.15) is 0 Å². The molecule has 0 fully saturated rings. The van der Waals surface area contributed by atoms with Gasteiger partial charge in [-0.1, -0.05) is 60.7 Å². The molecule has 0 aromatic heterocycles. The van der Waals surface area contributed by atoms with Crippen LogP contribution in [0.3, 0.4) is 0 Å². The van der Waals surface area contributed by atoms with Crippen LogP contribution >= 0.6 is 0 Å². The summed E-state index contributed by atoms with van der Waals surface area (Å²) in [5.74, 6) is 0. The van der Waals surface area contributed by atoms with Crippen molar-refractivity contribution in [1.29, 1.82) is 5.26 Å². The van der Waals surface area contributed by atoms with Gasteiger partial charge in [-0.25, -0.2) is 0 Å². The molecular formula is C20H12F3N. The van der Waals surface area contributed by atoms with E-state index in [1.54, 1.807) is 30.3 Å². The van der Waals surface area contributed by atoms with Crippen molar-refractivity contribution < 1.29 is 13.2 Å².